The van der Waals surface area contributed by atoms with Crippen LogP contribution in [0.3, 0.4) is 0 Å². The lowest BCUT2D eigenvalue weighted by Gasteiger charge is -2.34. The number of aryl methyl sites for hydroxylation is 1. The number of carbonyl (C=O) groups excluding carboxylic acids is 1. The molecule has 124 valence electrons. The van der Waals surface area contributed by atoms with Gasteiger partial charge in [-0.05, 0) is 40.5 Å². The molecular formula is C16H28N4O2. The Morgan fingerprint density at radius 3 is 2.55 bits per heavy atom. The van der Waals surface area contributed by atoms with Crippen molar-refractivity contribution in [1.82, 2.24) is 20.0 Å². The SMILES string of the molecule is CC(NC1CCN(C(=O)OC(C)(C)C)CC1)c1cnn(C)c1. The minimum atomic E-state index is -0.430. The highest BCUT2D eigenvalue weighted by atomic mass is 16.6. The van der Waals surface area contributed by atoms with Crippen molar-refractivity contribution in [3.05, 3.63) is 18.0 Å². The average Bonchev–Trinajstić information content (AvgIpc) is 2.84. The summed E-state index contributed by atoms with van der Waals surface area (Å²) < 4.78 is 7.24. The highest BCUT2D eigenvalue weighted by molar-refractivity contribution is 5.68. The molecule has 6 heteroatoms. The van der Waals surface area contributed by atoms with Crippen LogP contribution in [0.15, 0.2) is 12.4 Å². The third-order valence-electron chi connectivity index (χ3n) is 3.86. The van der Waals surface area contributed by atoms with Crippen molar-refractivity contribution in [2.24, 2.45) is 7.05 Å². The molecule has 0 radical (unpaired) electrons. The standard InChI is InChI=1S/C16H28N4O2/c1-12(13-10-17-19(5)11-13)18-14-6-8-20(9-7-14)15(21)22-16(2,3)4/h10-12,14,18H,6-9H2,1-5H3. The first-order valence-electron chi connectivity index (χ1n) is 7.97. The molecule has 2 heterocycles. The van der Waals surface area contributed by atoms with Crippen LogP contribution in [0.2, 0.25) is 0 Å². The normalized spacial score (nSPS) is 18.3. The minimum Gasteiger partial charge on any atom is -0.444 e. The molecule has 1 amide bonds. The number of ether oxygens (including phenoxy) is 1. The van der Waals surface area contributed by atoms with Crippen LogP contribution in [-0.4, -0.2) is 45.5 Å². The van der Waals surface area contributed by atoms with Crippen molar-refractivity contribution in [3.63, 3.8) is 0 Å². The first-order chi connectivity index (χ1) is 10.2. The molecule has 0 bridgehead atoms. The molecule has 2 rings (SSSR count). The summed E-state index contributed by atoms with van der Waals surface area (Å²) in [7, 11) is 1.93. The predicted molar refractivity (Wildman–Crippen MR) is 85.6 cm³/mol. The maximum atomic E-state index is 12.0. The van der Waals surface area contributed by atoms with Crippen molar-refractivity contribution < 1.29 is 9.53 Å². The summed E-state index contributed by atoms with van der Waals surface area (Å²) in [4.78, 5) is 13.8. The third kappa shape index (κ3) is 4.73. The van der Waals surface area contributed by atoms with Crippen LogP contribution in [0.4, 0.5) is 4.79 Å². The zero-order valence-corrected chi connectivity index (χ0v) is 14.3. The maximum absolute atomic E-state index is 12.0. The number of hydrogen-bond acceptors (Lipinski definition) is 4. The predicted octanol–water partition coefficient (Wildman–Crippen LogP) is 2.47. The van der Waals surface area contributed by atoms with Crippen molar-refractivity contribution in [2.75, 3.05) is 13.1 Å². The molecule has 22 heavy (non-hydrogen) atoms. The average molecular weight is 308 g/mol. The molecule has 1 saturated heterocycles. The van der Waals surface area contributed by atoms with Gasteiger partial charge in [-0.25, -0.2) is 4.79 Å². The lowest BCUT2D eigenvalue weighted by Crippen LogP contribution is -2.46. The van der Waals surface area contributed by atoms with Gasteiger partial charge in [-0.15, -0.1) is 0 Å². The molecule has 1 aromatic rings. The molecule has 1 aliphatic heterocycles. The van der Waals surface area contributed by atoms with E-state index in [2.05, 4.69) is 17.3 Å². The molecular weight excluding hydrogens is 280 g/mol. The van der Waals surface area contributed by atoms with Gasteiger partial charge in [0.05, 0.1) is 6.20 Å². The van der Waals surface area contributed by atoms with E-state index in [1.165, 1.54) is 5.56 Å². The molecule has 1 aromatic heterocycles. The van der Waals surface area contributed by atoms with Crippen molar-refractivity contribution in [1.29, 1.82) is 0 Å². The van der Waals surface area contributed by atoms with E-state index in [-0.39, 0.29) is 12.1 Å². The number of rotatable bonds is 3. The van der Waals surface area contributed by atoms with E-state index in [1.54, 1.807) is 4.90 Å². The Balaban J connectivity index is 1.78. The number of aromatic nitrogens is 2. The Hall–Kier alpha value is -1.56. The van der Waals surface area contributed by atoms with Crippen molar-refractivity contribution in [3.8, 4) is 0 Å². The van der Waals surface area contributed by atoms with Crippen LogP contribution in [-0.2, 0) is 11.8 Å². The van der Waals surface area contributed by atoms with Gasteiger partial charge in [0.25, 0.3) is 0 Å². The van der Waals surface area contributed by atoms with Gasteiger partial charge in [-0.1, -0.05) is 0 Å². The minimum absolute atomic E-state index is 0.203. The summed E-state index contributed by atoms with van der Waals surface area (Å²) >= 11 is 0. The highest BCUT2D eigenvalue weighted by Crippen LogP contribution is 2.18. The Labute approximate surface area is 132 Å². The smallest absolute Gasteiger partial charge is 0.410 e. The summed E-state index contributed by atoms with van der Waals surface area (Å²) in [6.07, 6.45) is 5.63. The first-order valence-corrected chi connectivity index (χ1v) is 7.97. The summed E-state index contributed by atoms with van der Waals surface area (Å²) in [5, 5.41) is 7.83. The van der Waals surface area contributed by atoms with E-state index in [0.29, 0.717) is 6.04 Å². The summed E-state index contributed by atoms with van der Waals surface area (Å²) in [6.45, 7) is 9.33. The zero-order valence-electron chi connectivity index (χ0n) is 14.3. The number of carbonyl (C=O) groups is 1. The van der Waals surface area contributed by atoms with E-state index < -0.39 is 5.60 Å². The summed E-state index contributed by atoms with van der Waals surface area (Å²) in [6, 6.07) is 0.695. The van der Waals surface area contributed by atoms with E-state index in [1.807, 2.05) is 44.9 Å². The van der Waals surface area contributed by atoms with Gasteiger partial charge < -0.3 is 15.0 Å². The van der Waals surface area contributed by atoms with E-state index in [4.69, 9.17) is 4.74 Å². The third-order valence-corrected chi connectivity index (χ3v) is 3.86. The second-order valence-corrected chi connectivity index (χ2v) is 7.08. The molecule has 6 nitrogen and oxygen atoms in total. The Kier molecular flexibility index (Phi) is 5.11. The molecule has 0 saturated carbocycles. The van der Waals surface area contributed by atoms with Crippen molar-refractivity contribution in [2.45, 2.75) is 58.2 Å². The monoisotopic (exact) mass is 308 g/mol. The Bertz CT molecular complexity index is 498. The maximum Gasteiger partial charge on any atom is 0.410 e. The lowest BCUT2D eigenvalue weighted by molar-refractivity contribution is 0.0196. The lowest BCUT2D eigenvalue weighted by atomic mass is 10.0. The molecule has 0 aromatic carbocycles. The number of nitrogens with zero attached hydrogens (tertiary/aromatic N) is 3. The molecule has 1 unspecified atom stereocenters. The zero-order chi connectivity index (χ0) is 16.3. The molecule has 1 fully saturated rings. The van der Waals surface area contributed by atoms with Gasteiger partial charge in [0, 0.05) is 44.0 Å². The number of likely N-dealkylation sites (tertiary alicyclic amines) is 1. The molecule has 0 aliphatic carbocycles. The molecule has 1 atom stereocenters. The van der Waals surface area contributed by atoms with Crippen LogP contribution >= 0.6 is 0 Å². The fourth-order valence-electron chi connectivity index (χ4n) is 2.67. The second kappa shape index (κ2) is 6.69. The van der Waals surface area contributed by atoms with Gasteiger partial charge in [-0.2, -0.15) is 5.10 Å². The Morgan fingerprint density at radius 1 is 1.41 bits per heavy atom. The number of piperidine rings is 1. The second-order valence-electron chi connectivity index (χ2n) is 7.08. The van der Waals surface area contributed by atoms with Gasteiger partial charge in [-0.3, -0.25) is 4.68 Å². The van der Waals surface area contributed by atoms with Gasteiger partial charge >= 0.3 is 6.09 Å². The van der Waals surface area contributed by atoms with Crippen molar-refractivity contribution >= 4 is 6.09 Å². The highest BCUT2D eigenvalue weighted by Gasteiger charge is 2.27. The topological polar surface area (TPSA) is 59.4 Å². The van der Waals surface area contributed by atoms with E-state index in [0.717, 1.165) is 25.9 Å². The van der Waals surface area contributed by atoms with Crippen LogP contribution < -0.4 is 5.32 Å². The molecule has 1 aliphatic rings. The van der Waals surface area contributed by atoms with Gasteiger partial charge in [0.15, 0.2) is 0 Å². The number of nitrogens with one attached hydrogen (secondary N) is 1. The van der Waals surface area contributed by atoms with Crippen LogP contribution in [0.25, 0.3) is 0 Å². The largest absolute Gasteiger partial charge is 0.444 e. The quantitative estimate of drug-likeness (QED) is 0.932. The van der Waals surface area contributed by atoms with Gasteiger partial charge in [0.1, 0.15) is 5.60 Å². The molecule has 0 spiro atoms. The van der Waals surface area contributed by atoms with E-state index >= 15 is 0 Å². The van der Waals surface area contributed by atoms with Crippen LogP contribution in [0.5, 0.6) is 0 Å². The number of amides is 1. The summed E-state index contributed by atoms with van der Waals surface area (Å²) in [5.74, 6) is 0. The molecule has 1 N–H and O–H groups in total. The summed E-state index contributed by atoms with van der Waals surface area (Å²) in [5.41, 5.74) is 0.762. The fraction of sp³-hybridized carbons (Fsp3) is 0.750. The first kappa shape index (κ1) is 16.8. The van der Waals surface area contributed by atoms with Gasteiger partial charge in [0.2, 0.25) is 0 Å². The van der Waals surface area contributed by atoms with Crippen LogP contribution in [0, 0.1) is 0 Å². The Morgan fingerprint density at radius 2 is 2.05 bits per heavy atom. The van der Waals surface area contributed by atoms with E-state index in [9.17, 15) is 4.79 Å². The number of hydrogen-bond donors (Lipinski definition) is 1. The van der Waals surface area contributed by atoms with Crippen LogP contribution in [0.1, 0.15) is 52.1 Å². The fourth-order valence-corrected chi connectivity index (χ4v) is 2.67.